The van der Waals surface area contributed by atoms with Crippen molar-refractivity contribution in [3.05, 3.63) is 0 Å². The summed E-state index contributed by atoms with van der Waals surface area (Å²) in [5.74, 6) is 4.09. The summed E-state index contributed by atoms with van der Waals surface area (Å²) in [6, 6.07) is 0. The molecule has 0 aromatic heterocycles. The first-order valence-corrected chi connectivity index (χ1v) is 6.76. The maximum atomic E-state index is 4.32. The Bertz CT molecular complexity index is 83.7. The predicted octanol–water partition coefficient (Wildman–Crippen LogP) is 2.27. The van der Waals surface area contributed by atoms with Crippen molar-refractivity contribution in [2.24, 2.45) is 5.92 Å². The van der Waals surface area contributed by atoms with Crippen LogP contribution in [0.3, 0.4) is 0 Å². The van der Waals surface area contributed by atoms with Crippen LogP contribution < -0.4 is 0 Å². The lowest BCUT2D eigenvalue weighted by atomic mass is 10.1. The molecule has 1 saturated heterocycles. The van der Waals surface area contributed by atoms with Gasteiger partial charge in [0.15, 0.2) is 0 Å². The van der Waals surface area contributed by atoms with Gasteiger partial charge in [0.05, 0.1) is 0 Å². The Hall–Kier alpha value is 1.40. The van der Waals surface area contributed by atoms with Gasteiger partial charge in [-0.1, -0.05) is 0 Å². The van der Waals surface area contributed by atoms with E-state index in [9.17, 15) is 0 Å². The second-order valence-corrected chi connectivity index (χ2v) is 5.67. The molecule has 0 N–H and O–H groups in total. The number of hydrogen-bond acceptors (Lipinski definition) is 4. The summed E-state index contributed by atoms with van der Waals surface area (Å²) < 4.78 is 0. The van der Waals surface area contributed by atoms with Gasteiger partial charge in [-0.2, -0.15) is 37.0 Å². The Morgan fingerprint density at radius 3 is 2.60 bits per heavy atom. The van der Waals surface area contributed by atoms with Gasteiger partial charge in [-0.3, -0.25) is 0 Å². The molecule has 0 saturated carbocycles. The highest BCUT2D eigenvalue weighted by Crippen LogP contribution is 2.33. The fourth-order valence-electron chi connectivity index (χ4n) is 0.950. The lowest BCUT2D eigenvalue weighted by Gasteiger charge is -2.28. The third-order valence-corrected chi connectivity index (χ3v) is 5.60. The second-order valence-electron chi connectivity index (χ2n) is 2.32. The van der Waals surface area contributed by atoms with E-state index in [1.54, 1.807) is 0 Å². The minimum atomic E-state index is 0.752. The molecule has 0 aromatic carbocycles. The van der Waals surface area contributed by atoms with E-state index in [1.807, 2.05) is 23.5 Å². The van der Waals surface area contributed by atoms with Gasteiger partial charge in [-0.05, 0) is 17.4 Å². The fraction of sp³-hybridized carbons (Fsp3) is 1.00. The molecule has 1 aliphatic heterocycles. The maximum Gasteiger partial charge on any atom is 0.0395 e. The average molecular weight is 212 g/mol. The SMILES string of the molecule is SCC1CSCSC1CS. The van der Waals surface area contributed by atoms with Crippen molar-refractivity contribution < 1.29 is 0 Å². The number of rotatable bonds is 2. The number of thiol groups is 2. The van der Waals surface area contributed by atoms with Gasteiger partial charge in [0.2, 0.25) is 0 Å². The van der Waals surface area contributed by atoms with Crippen LogP contribution in [0.4, 0.5) is 0 Å². The fourth-order valence-corrected chi connectivity index (χ4v) is 5.08. The van der Waals surface area contributed by atoms with E-state index < -0.39 is 0 Å². The van der Waals surface area contributed by atoms with E-state index in [2.05, 4.69) is 25.3 Å². The first-order chi connectivity index (χ1) is 4.88. The molecule has 0 nitrogen and oxygen atoms in total. The largest absolute Gasteiger partial charge is 0.179 e. The van der Waals surface area contributed by atoms with E-state index in [0.29, 0.717) is 0 Å². The van der Waals surface area contributed by atoms with E-state index in [0.717, 1.165) is 22.7 Å². The van der Waals surface area contributed by atoms with Crippen LogP contribution >= 0.6 is 48.8 Å². The van der Waals surface area contributed by atoms with Crippen LogP contribution in [0.15, 0.2) is 0 Å². The summed E-state index contributed by atoms with van der Waals surface area (Å²) >= 11 is 12.7. The van der Waals surface area contributed by atoms with Crippen LogP contribution in [-0.4, -0.2) is 27.6 Å². The highest BCUT2D eigenvalue weighted by Gasteiger charge is 2.23. The molecular formula is C6H12S4. The van der Waals surface area contributed by atoms with Crippen LogP contribution in [0.5, 0.6) is 0 Å². The van der Waals surface area contributed by atoms with Crippen LogP contribution in [0.1, 0.15) is 0 Å². The quantitative estimate of drug-likeness (QED) is 0.674. The summed E-state index contributed by atoms with van der Waals surface area (Å²) in [7, 11) is 0. The lowest BCUT2D eigenvalue weighted by Crippen LogP contribution is -2.26. The Balaban J connectivity index is 2.34. The normalized spacial score (nSPS) is 34.2. The van der Waals surface area contributed by atoms with E-state index in [4.69, 9.17) is 0 Å². The van der Waals surface area contributed by atoms with Crippen molar-refractivity contribution in [3.63, 3.8) is 0 Å². The standard InChI is InChI=1S/C6H12S4/c7-1-5-3-9-4-10-6(5)2-8/h5-8H,1-4H2. The Morgan fingerprint density at radius 1 is 1.30 bits per heavy atom. The van der Waals surface area contributed by atoms with Crippen molar-refractivity contribution >= 4 is 48.8 Å². The molecule has 0 radical (unpaired) electrons. The molecule has 0 bridgehead atoms. The Labute approximate surface area is 82.1 Å². The molecule has 1 rings (SSSR count). The van der Waals surface area contributed by atoms with Crippen molar-refractivity contribution in [1.29, 1.82) is 0 Å². The summed E-state index contributed by atoms with van der Waals surface area (Å²) in [4.78, 5) is 0. The highest BCUT2D eigenvalue weighted by atomic mass is 32.2. The first kappa shape index (κ1) is 9.49. The third kappa shape index (κ3) is 2.47. The molecule has 1 heterocycles. The molecule has 2 atom stereocenters. The average Bonchev–Trinajstić information content (AvgIpc) is 2.04. The van der Waals surface area contributed by atoms with Gasteiger partial charge in [0.25, 0.3) is 0 Å². The summed E-state index contributed by atoms with van der Waals surface area (Å²) in [5.41, 5.74) is 0. The molecule has 60 valence electrons. The van der Waals surface area contributed by atoms with Gasteiger partial charge >= 0.3 is 0 Å². The Kier molecular flexibility index (Phi) is 4.86. The molecule has 10 heavy (non-hydrogen) atoms. The van der Waals surface area contributed by atoms with Crippen molar-refractivity contribution in [3.8, 4) is 0 Å². The van der Waals surface area contributed by atoms with Crippen LogP contribution in [0, 0.1) is 5.92 Å². The van der Waals surface area contributed by atoms with E-state index >= 15 is 0 Å². The Morgan fingerprint density at radius 2 is 2.10 bits per heavy atom. The molecular weight excluding hydrogens is 200 g/mol. The van der Waals surface area contributed by atoms with E-state index in [1.165, 1.54) is 10.8 Å². The minimum Gasteiger partial charge on any atom is -0.179 e. The summed E-state index contributed by atoms with van der Waals surface area (Å²) in [5, 5.41) is 2.00. The van der Waals surface area contributed by atoms with Crippen LogP contribution in [0.2, 0.25) is 0 Å². The second kappa shape index (κ2) is 5.12. The molecule has 0 aromatic rings. The number of thioether (sulfide) groups is 2. The first-order valence-electron chi connectivity index (χ1n) is 3.29. The predicted molar refractivity (Wildman–Crippen MR) is 59.9 cm³/mol. The van der Waals surface area contributed by atoms with Crippen molar-refractivity contribution in [2.45, 2.75) is 5.25 Å². The molecule has 1 fully saturated rings. The van der Waals surface area contributed by atoms with Gasteiger partial charge in [0.1, 0.15) is 0 Å². The van der Waals surface area contributed by atoms with E-state index in [-0.39, 0.29) is 0 Å². The monoisotopic (exact) mass is 212 g/mol. The molecule has 0 aliphatic carbocycles. The zero-order valence-electron chi connectivity index (χ0n) is 5.69. The molecule has 0 amide bonds. The minimum absolute atomic E-state index is 0.752. The van der Waals surface area contributed by atoms with Crippen molar-refractivity contribution in [1.82, 2.24) is 0 Å². The van der Waals surface area contributed by atoms with Gasteiger partial charge in [-0.15, -0.1) is 11.8 Å². The molecule has 4 heteroatoms. The van der Waals surface area contributed by atoms with Crippen molar-refractivity contribution in [2.75, 3.05) is 22.3 Å². The highest BCUT2D eigenvalue weighted by molar-refractivity contribution is 8.17. The third-order valence-electron chi connectivity index (χ3n) is 1.64. The topological polar surface area (TPSA) is 0 Å². The lowest BCUT2D eigenvalue weighted by molar-refractivity contribution is 0.671. The van der Waals surface area contributed by atoms with Gasteiger partial charge in [-0.25, -0.2) is 0 Å². The van der Waals surface area contributed by atoms with Gasteiger partial charge in [0, 0.05) is 16.1 Å². The zero-order valence-corrected chi connectivity index (χ0v) is 9.12. The number of hydrogen-bond donors (Lipinski definition) is 2. The molecule has 1 aliphatic rings. The smallest absolute Gasteiger partial charge is 0.0395 e. The van der Waals surface area contributed by atoms with Gasteiger partial charge < -0.3 is 0 Å². The molecule has 0 spiro atoms. The zero-order chi connectivity index (χ0) is 7.40. The maximum absolute atomic E-state index is 4.32. The van der Waals surface area contributed by atoms with Crippen LogP contribution in [-0.2, 0) is 0 Å². The summed E-state index contributed by atoms with van der Waals surface area (Å²) in [6.45, 7) is 0. The molecule has 2 unspecified atom stereocenters. The summed E-state index contributed by atoms with van der Waals surface area (Å²) in [6.07, 6.45) is 0. The van der Waals surface area contributed by atoms with Crippen LogP contribution in [0.25, 0.3) is 0 Å².